The van der Waals surface area contributed by atoms with Crippen LogP contribution in [0.15, 0.2) is 0 Å². The molecule has 1 unspecified atom stereocenters. The summed E-state index contributed by atoms with van der Waals surface area (Å²) in [5.74, 6) is 0. The molecular formula is C6H13O3S-. The minimum atomic E-state index is -4.03. The molecule has 0 saturated carbocycles. The Kier molecular flexibility index (Phi) is 3.89. The van der Waals surface area contributed by atoms with E-state index in [9.17, 15) is 13.0 Å². The molecule has 62 valence electrons. The SMILES string of the molecule is CCCCC(C)S(=O)(=O)[O-]. The van der Waals surface area contributed by atoms with Crippen LogP contribution in [0.4, 0.5) is 0 Å². The standard InChI is InChI=1S/C6H14O3S/c1-3-4-5-6(2)10(7,8)9/h6H,3-5H2,1-2H3,(H,7,8,9)/p-1. The average Bonchev–Trinajstić information content (AvgIpc) is 1.80. The summed E-state index contributed by atoms with van der Waals surface area (Å²) in [6.07, 6.45) is 2.23. The van der Waals surface area contributed by atoms with Crippen LogP contribution in [0.1, 0.15) is 33.1 Å². The molecule has 0 heterocycles. The van der Waals surface area contributed by atoms with Crippen molar-refractivity contribution in [3.8, 4) is 0 Å². The van der Waals surface area contributed by atoms with Crippen LogP contribution in [0, 0.1) is 0 Å². The molecule has 0 rings (SSSR count). The van der Waals surface area contributed by atoms with Gasteiger partial charge in [-0.25, -0.2) is 8.42 Å². The molecule has 0 aromatic carbocycles. The molecule has 0 aromatic heterocycles. The molecule has 0 fully saturated rings. The molecule has 4 heteroatoms. The van der Waals surface area contributed by atoms with Crippen LogP contribution in [0.3, 0.4) is 0 Å². The lowest BCUT2D eigenvalue weighted by molar-refractivity contribution is 0.445. The Bertz CT molecular complexity index is 171. The maximum absolute atomic E-state index is 10.3. The summed E-state index contributed by atoms with van der Waals surface area (Å²) >= 11 is 0. The first-order valence-corrected chi connectivity index (χ1v) is 4.90. The maximum Gasteiger partial charge on any atom is 0.0972 e. The molecular weight excluding hydrogens is 152 g/mol. The Morgan fingerprint density at radius 3 is 2.30 bits per heavy atom. The summed E-state index contributed by atoms with van der Waals surface area (Å²) in [6.45, 7) is 3.42. The molecule has 10 heavy (non-hydrogen) atoms. The van der Waals surface area contributed by atoms with E-state index in [0.717, 1.165) is 12.8 Å². The third kappa shape index (κ3) is 3.85. The monoisotopic (exact) mass is 165 g/mol. The van der Waals surface area contributed by atoms with Gasteiger partial charge in [-0.1, -0.05) is 19.8 Å². The molecule has 0 aliphatic heterocycles. The lowest BCUT2D eigenvalue weighted by atomic mass is 10.2. The topological polar surface area (TPSA) is 57.2 Å². The fourth-order valence-corrected chi connectivity index (χ4v) is 1.09. The first kappa shape index (κ1) is 9.91. The van der Waals surface area contributed by atoms with Gasteiger partial charge in [-0.2, -0.15) is 0 Å². The van der Waals surface area contributed by atoms with E-state index in [-0.39, 0.29) is 0 Å². The van der Waals surface area contributed by atoms with Crippen molar-refractivity contribution in [3.63, 3.8) is 0 Å². The maximum atomic E-state index is 10.3. The van der Waals surface area contributed by atoms with Crippen LogP contribution >= 0.6 is 0 Å². The zero-order valence-electron chi connectivity index (χ0n) is 6.33. The Hall–Kier alpha value is -0.0900. The smallest absolute Gasteiger partial charge is 0.0972 e. The molecule has 3 nitrogen and oxygen atoms in total. The Labute approximate surface area is 62.2 Å². The van der Waals surface area contributed by atoms with Gasteiger partial charge in [-0.15, -0.1) is 0 Å². The highest BCUT2D eigenvalue weighted by Gasteiger charge is 2.07. The number of hydrogen-bond donors (Lipinski definition) is 0. The highest BCUT2D eigenvalue weighted by Crippen LogP contribution is 2.06. The zero-order chi connectivity index (χ0) is 8.20. The summed E-state index contributed by atoms with van der Waals surface area (Å²) in [7, 11) is -4.03. The van der Waals surface area contributed by atoms with Gasteiger partial charge < -0.3 is 4.55 Å². The van der Waals surface area contributed by atoms with Gasteiger partial charge in [0.15, 0.2) is 0 Å². The normalized spacial score (nSPS) is 15.1. The van der Waals surface area contributed by atoms with Gasteiger partial charge in [0.1, 0.15) is 0 Å². The van der Waals surface area contributed by atoms with Gasteiger partial charge in [-0.05, 0) is 13.3 Å². The lowest BCUT2D eigenvalue weighted by Crippen LogP contribution is -2.16. The van der Waals surface area contributed by atoms with Gasteiger partial charge in [0, 0.05) is 5.25 Å². The van der Waals surface area contributed by atoms with Crippen molar-refractivity contribution in [1.82, 2.24) is 0 Å². The Morgan fingerprint density at radius 1 is 1.50 bits per heavy atom. The van der Waals surface area contributed by atoms with Gasteiger partial charge in [0.2, 0.25) is 0 Å². The highest BCUT2D eigenvalue weighted by molar-refractivity contribution is 7.86. The third-order valence-corrected chi connectivity index (χ3v) is 2.68. The third-order valence-electron chi connectivity index (χ3n) is 1.46. The van der Waals surface area contributed by atoms with Gasteiger partial charge in [0.05, 0.1) is 10.1 Å². The Balaban J connectivity index is 3.75. The van der Waals surface area contributed by atoms with Crippen molar-refractivity contribution >= 4 is 10.1 Å². The summed E-state index contributed by atoms with van der Waals surface area (Å²) in [6, 6.07) is 0. The van der Waals surface area contributed by atoms with Gasteiger partial charge in [0.25, 0.3) is 0 Å². The number of hydrogen-bond acceptors (Lipinski definition) is 3. The fraction of sp³-hybridized carbons (Fsp3) is 1.00. The molecule has 0 bridgehead atoms. The minimum Gasteiger partial charge on any atom is -0.748 e. The zero-order valence-corrected chi connectivity index (χ0v) is 7.15. The van der Waals surface area contributed by atoms with Crippen molar-refractivity contribution in [2.45, 2.75) is 38.4 Å². The molecule has 0 N–H and O–H groups in total. The van der Waals surface area contributed by atoms with Crippen molar-refractivity contribution in [1.29, 1.82) is 0 Å². The van der Waals surface area contributed by atoms with E-state index in [1.54, 1.807) is 0 Å². The van der Waals surface area contributed by atoms with Crippen molar-refractivity contribution in [3.05, 3.63) is 0 Å². The van der Waals surface area contributed by atoms with Crippen LogP contribution in [-0.2, 0) is 10.1 Å². The highest BCUT2D eigenvalue weighted by atomic mass is 32.2. The van der Waals surface area contributed by atoms with E-state index in [2.05, 4.69) is 0 Å². The fourth-order valence-electron chi connectivity index (χ4n) is 0.636. The number of unbranched alkanes of at least 4 members (excludes halogenated alkanes) is 1. The van der Waals surface area contributed by atoms with Crippen LogP contribution in [-0.4, -0.2) is 18.2 Å². The molecule has 0 amide bonds. The molecule has 0 spiro atoms. The molecule has 0 aliphatic rings. The second-order valence-corrected chi connectivity index (χ2v) is 4.24. The van der Waals surface area contributed by atoms with E-state index in [1.165, 1.54) is 6.92 Å². The van der Waals surface area contributed by atoms with E-state index in [1.807, 2.05) is 6.92 Å². The van der Waals surface area contributed by atoms with Crippen LogP contribution in [0.2, 0.25) is 0 Å². The molecule has 1 atom stereocenters. The molecule has 0 aliphatic carbocycles. The van der Waals surface area contributed by atoms with Crippen LogP contribution in [0.5, 0.6) is 0 Å². The summed E-state index contributed by atoms with van der Waals surface area (Å²) < 4.78 is 30.8. The van der Waals surface area contributed by atoms with E-state index < -0.39 is 15.4 Å². The van der Waals surface area contributed by atoms with Crippen molar-refractivity contribution < 1.29 is 13.0 Å². The summed E-state index contributed by atoms with van der Waals surface area (Å²) in [5.41, 5.74) is 0. The molecule has 0 aromatic rings. The number of rotatable bonds is 4. The largest absolute Gasteiger partial charge is 0.748 e. The van der Waals surface area contributed by atoms with Gasteiger partial charge >= 0.3 is 0 Å². The summed E-state index contributed by atoms with van der Waals surface area (Å²) in [5, 5.41) is -0.715. The molecule has 0 radical (unpaired) electrons. The second-order valence-electron chi connectivity index (χ2n) is 2.45. The molecule has 0 saturated heterocycles. The van der Waals surface area contributed by atoms with Crippen LogP contribution < -0.4 is 0 Å². The van der Waals surface area contributed by atoms with Crippen molar-refractivity contribution in [2.24, 2.45) is 0 Å². The predicted octanol–water partition coefficient (Wildman–Crippen LogP) is 1.11. The Morgan fingerprint density at radius 2 is 2.00 bits per heavy atom. The van der Waals surface area contributed by atoms with Crippen LogP contribution in [0.25, 0.3) is 0 Å². The summed E-state index contributed by atoms with van der Waals surface area (Å²) in [4.78, 5) is 0. The minimum absolute atomic E-state index is 0.488. The van der Waals surface area contributed by atoms with Crippen molar-refractivity contribution in [2.75, 3.05) is 0 Å². The van der Waals surface area contributed by atoms with E-state index >= 15 is 0 Å². The first-order valence-electron chi connectivity index (χ1n) is 3.43. The second kappa shape index (κ2) is 3.93. The van der Waals surface area contributed by atoms with E-state index in [4.69, 9.17) is 0 Å². The first-order chi connectivity index (χ1) is 4.48. The average molecular weight is 165 g/mol. The quantitative estimate of drug-likeness (QED) is 0.586. The predicted molar refractivity (Wildman–Crippen MR) is 38.7 cm³/mol. The van der Waals surface area contributed by atoms with E-state index in [0.29, 0.717) is 6.42 Å². The lowest BCUT2D eigenvalue weighted by Gasteiger charge is -2.14. The van der Waals surface area contributed by atoms with Gasteiger partial charge in [-0.3, -0.25) is 0 Å².